The van der Waals surface area contributed by atoms with Gasteiger partial charge in [-0.15, -0.1) is 0 Å². The van der Waals surface area contributed by atoms with Crippen LogP contribution in [0.2, 0.25) is 5.02 Å². The molecular weight excluding hydrogens is 469 g/mol. The first-order valence-electron chi connectivity index (χ1n) is 10.6. The zero-order valence-electron chi connectivity index (χ0n) is 18.7. The fourth-order valence-electron chi connectivity index (χ4n) is 4.59. The van der Waals surface area contributed by atoms with E-state index in [9.17, 15) is 27.6 Å². The van der Waals surface area contributed by atoms with Gasteiger partial charge in [-0.05, 0) is 49.1 Å². The Balaban J connectivity index is 1.94. The van der Waals surface area contributed by atoms with Gasteiger partial charge in [0, 0.05) is 28.4 Å². The van der Waals surface area contributed by atoms with Gasteiger partial charge in [0.2, 0.25) is 5.54 Å². The van der Waals surface area contributed by atoms with E-state index >= 15 is 0 Å². The smallest absolute Gasteiger partial charge is 0.326 e. The summed E-state index contributed by atoms with van der Waals surface area (Å²) in [5.74, 6) is -3.42. The normalized spacial score (nSPS) is 22.1. The minimum absolute atomic E-state index is 0.0428. The average Bonchev–Trinajstić information content (AvgIpc) is 2.96. The SMILES string of the molecule is Cc1ccc(N2C(=O)[C@](NC(=O)c3cccc(Cl)c3)(C(F)(F)F)C3=C2CC(C)(C)CC3=O)cc1. The predicted octanol–water partition coefficient (Wildman–Crippen LogP) is 5.37. The van der Waals surface area contributed by atoms with Crippen molar-refractivity contribution >= 4 is 34.9 Å². The van der Waals surface area contributed by atoms with Crippen molar-refractivity contribution in [3.8, 4) is 0 Å². The molecule has 2 aromatic carbocycles. The number of halogens is 4. The van der Waals surface area contributed by atoms with Crippen LogP contribution in [0.1, 0.15) is 42.6 Å². The maximum Gasteiger partial charge on any atom is 0.425 e. The van der Waals surface area contributed by atoms with E-state index in [1.165, 1.54) is 36.4 Å². The fraction of sp³-hybridized carbons (Fsp3) is 0.320. The zero-order valence-corrected chi connectivity index (χ0v) is 19.5. The molecule has 5 nitrogen and oxygen atoms in total. The molecule has 1 aliphatic carbocycles. The molecule has 1 heterocycles. The lowest BCUT2D eigenvalue weighted by molar-refractivity contribution is -0.186. The molecular formula is C25H22ClF3N2O3. The number of nitrogens with one attached hydrogen (secondary N) is 1. The Labute approximate surface area is 199 Å². The predicted molar refractivity (Wildman–Crippen MR) is 121 cm³/mol. The summed E-state index contributed by atoms with van der Waals surface area (Å²) in [6.45, 7) is 5.31. The lowest BCUT2D eigenvalue weighted by Gasteiger charge is -2.35. The summed E-state index contributed by atoms with van der Waals surface area (Å²) in [6.07, 6.45) is -5.42. The highest BCUT2D eigenvalue weighted by Gasteiger charge is 2.72. The van der Waals surface area contributed by atoms with Gasteiger partial charge in [0.1, 0.15) is 0 Å². The third kappa shape index (κ3) is 3.79. The summed E-state index contributed by atoms with van der Waals surface area (Å²) in [7, 11) is 0. The number of nitrogens with zero attached hydrogens (tertiary/aromatic N) is 1. The van der Waals surface area contributed by atoms with Crippen LogP contribution in [0, 0.1) is 12.3 Å². The number of aryl methyl sites for hydroxylation is 1. The second-order valence-electron chi connectivity index (χ2n) is 9.45. The highest BCUT2D eigenvalue weighted by atomic mass is 35.5. The lowest BCUT2D eigenvalue weighted by atomic mass is 9.72. The first-order chi connectivity index (χ1) is 15.8. The van der Waals surface area contributed by atoms with E-state index in [0.29, 0.717) is 0 Å². The van der Waals surface area contributed by atoms with Crippen LogP contribution in [0.4, 0.5) is 18.9 Å². The molecule has 1 aliphatic heterocycles. The van der Waals surface area contributed by atoms with Crippen molar-refractivity contribution in [2.75, 3.05) is 4.90 Å². The molecule has 178 valence electrons. The van der Waals surface area contributed by atoms with Crippen LogP contribution in [0.15, 0.2) is 59.8 Å². The van der Waals surface area contributed by atoms with Gasteiger partial charge < -0.3 is 5.32 Å². The van der Waals surface area contributed by atoms with Gasteiger partial charge in [0.25, 0.3) is 11.8 Å². The average molecular weight is 491 g/mol. The molecule has 2 aromatic rings. The van der Waals surface area contributed by atoms with Crippen molar-refractivity contribution < 1.29 is 27.6 Å². The summed E-state index contributed by atoms with van der Waals surface area (Å²) in [4.78, 5) is 40.8. The van der Waals surface area contributed by atoms with Crippen molar-refractivity contribution in [3.05, 3.63) is 76.0 Å². The summed E-state index contributed by atoms with van der Waals surface area (Å²) < 4.78 is 44.5. The molecule has 1 N–H and O–H groups in total. The van der Waals surface area contributed by atoms with Gasteiger partial charge in [0.15, 0.2) is 5.78 Å². The standard InChI is InChI=1S/C25H22ClF3N2O3/c1-14-7-9-17(10-8-14)31-18-12-23(2,3)13-19(32)20(18)24(22(31)34,25(27,28)29)30-21(33)15-5-4-6-16(26)11-15/h4-11H,12-13H2,1-3H3,(H,30,33)/t24-/m0/s1. The van der Waals surface area contributed by atoms with E-state index in [2.05, 4.69) is 0 Å². The van der Waals surface area contributed by atoms with Crippen LogP contribution in [0.5, 0.6) is 0 Å². The van der Waals surface area contributed by atoms with Crippen molar-refractivity contribution in [3.63, 3.8) is 0 Å². The van der Waals surface area contributed by atoms with E-state index in [-0.39, 0.29) is 34.8 Å². The largest absolute Gasteiger partial charge is 0.425 e. The number of Topliss-reactive ketones (excluding diaryl/α,β-unsaturated/α-hetero) is 1. The van der Waals surface area contributed by atoms with Crippen molar-refractivity contribution in [2.24, 2.45) is 5.41 Å². The minimum atomic E-state index is -5.28. The highest BCUT2D eigenvalue weighted by Crippen LogP contribution is 2.52. The van der Waals surface area contributed by atoms with E-state index in [0.717, 1.165) is 10.5 Å². The zero-order chi connectivity index (χ0) is 25.1. The van der Waals surface area contributed by atoms with Crippen LogP contribution in [0.3, 0.4) is 0 Å². The van der Waals surface area contributed by atoms with Crippen LogP contribution in [-0.2, 0) is 9.59 Å². The first-order valence-corrected chi connectivity index (χ1v) is 11.0. The molecule has 2 amide bonds. The number of hydrogen-bond donors (Lipinski definition) is 1. The number of anilines is 1. The van der Waals surface area contributed by atoms with Crippen LogP contribution >= 0.6 is 11.6 Å². The van der Waals surface area contributed by atoms with Gasteiger partial charge in [-0.25, -0.2) is 0 Å². The maximum absolute atomic E-state index is 14.8. The number of benzene rings is 2. The molecule has 4 rings (SSSR count). The number of allylic oxidation sites excluding steroid dienone is 1. The molecule has 0 aromatic heterocycles. The number of carbonyl (C=O) groups is 3. The number of amides is 2. The monoisotopic (exact) mass is 490 g/mol. The molecule has 0 saturated heterocycles. The fourth-order valence-corrected chi connectivity index (χ4v) is 4.78. The van der Waals surface area contributed by atoms with E-state index in [1.54, 1.807) is 32.9 Å². The Morgan fingerprint density at radius 3 is 2.29 bits per heavy atom. The van der Waals surface area contributed by atoms with E-state index < -0.39 is 40.3 Å². The van der Waals surface area contributed by atoms with Crippen LogP contribution < -0.4 is 10.2 Å². The number of rotatable bonds is 3. The van der Waals surface area contributed by atoms with E-state index in [4.69, 9.17) is 11.6 Å². The molecule has 0 fully saturated rings. The number of alkyl halides is 3. The van der Waals surface area contributed by atoms with Gasteiger partial charge in [0.05, 0.1) is 5.57 Å². The molecule has 34 heavy (non-hydrogen) atoms. The quantitative estimate of drug-likeness (QED) is 0.629. The Morgan fingerprint density at radius 2 is 1.71 bits per heavy atom. The van der Waals surface area contributed by atoms with E-state index in [1.807, 2.05) is 5.32 Å². The Morgan fingerprint density at radius 1 is 1.06 bits per heavy atom. The van der Waals surface area contributed by atoms with Crippen molar-refractivity contribution in [1.82, 2.24) is 5.32 Å². The molecule has 0 radical (unpaired) electrons. The van der Waals surface area contributed by atoms with Crippen molar-refractivity contribution in [1.29, 1.82) is 0 Å². The van der Waals surface area contributed by atoms with Crippen molar-refractivity contribution in [2.45, 2.75) is 45.3 Å². The Hall–Kier alpha value is -3.13. The molecule has 9 heteroatoms. The topological polar surface area (TPSA) is 66.5 Å². The third-order valence-corrected chi connectivity index (χ3v) is 6.36. The number of hydrogen-bond acceptors (Lipinski definition) is 3. The summed E-state index contributed by atoms with van der Waals surface area (Å²) in [5, 5.41) is 2.04. The first kappa shape index (κ1) is 24.0. The molecule has 0 unspecified atom stereocenters. The highest BCUT2D eigenvalue weighted by molar-refractivity contribution is 6.31. The third-order valence-electron chi connectivity index (χ3n) is 6.13. The molecule has 2 aliphatic rings. The van der Waals surface area contributed by atoms with Crippen LogP contribution in [-0.4, -0.2) is 29.3 Å². The molecule has 1 atom stereocenters. The second-order valence-corrected chi connectivity index (χ2v) is 9.89. The summed E-state index contributed by atoms with van der Waals surface area (Å²) in [5.41, 5.74) is -4.07. The number of carbonyl (C=O) groups excluding carboxylic acids is 3. The van der Waals surface area contributed by atoms with Gasteiger partial charge in [-0.3, -0.25) is 19.3 Å². The minimum Gasteiger partial charge on any atom is -0.326 e. The second kappa shape index (κ2) is 7.98. The lowest BCUT2D eigenvalue weighted by Crippen LogP contribution is -2.66. The van der Waals surface area contributed by atoms with Crippen LogP contribution in [0.25, 0.3) is 0 Å². The summed E-state index contributed by atoms with van der Waals surface area (Å²) >= 11 is 5.90. The maximum atomic E-state index is 14.8. The van der Waals surface area contributed by atoms with Gasteiger partial charge in [-0.1, -0.05) is 49.2 Å². The summed E-state index contributed by atoms with van der Waals surface area (Å²) in [6, 6.07) is 11.7. The molecule has 0 saturated carbocycles. The Kier molecular flexibility index (Phi) is 5.63. The molecule has 0 spiro atoms. The molecule has 0 bridgehead atoms. The van der Waals surface area contributed by atoms with Gasteiger partial charge in [-0.2, -0.15) is 13.2 Å². The number of ketones is 1. The Bertz CT molecular complexity index is 1230. The van der Waals surface area contributed by atoms with Gasteiger partial charge >= 0.3 is 6.18 Å².